The van der Waals surface area contributed by atoms with Crippen molar-refractivity contribution in [2.45, 2.75) is 18.4 Å². The lowest BCUT2D eigenvalue weighted by molar-refractivity contribution is 0.601. The normalized spacial score (nSPS) is 11.7. The van der Waals surface area contributed by atoms with Crippen LogP contribution in [0.3, 0.4) is 0 Å². The number of sulfonamides is 1. The number of rotatable bonds is 4. The summed E-state index contributed by atoms with van der Waals surface area (Å²) in [5.41, 5.74) is 6.78. The summed E-state index contributed by atoms with van der Waals surface area (Å²) in [6.07, 6.45) is 0. The van der Waals surface area contributed by atoms with Gasteiger partial charge in [-0.2, -0.15) is 0 Å². The quantitative estimate of drug-likeness (QED) is 0.686. The van der Waals surface area contributed by atoms with Gasteiger partial charge in [-0.3, -0.25) is 4.72 Å². The SMILES string of the molecule is Cc1cc(Br)c(NS(=O)(=O)c2cc(CN)sc2Br)cc1Cl. The summed E-state index contributed by atoms with van der Waals surface area (Å²) in [4.78, 5) is 0.944. The summed E-state index contributed by atoms with van der Waals surface area (Å²) < 4.78 is 28.6. The molecule has 0 aliphatic carbocycles. The molecule has 0 fully saturated rings. The van der Waals surface area contributed by atoms with Crippen molar-refractivity contribution < 1.29 is 8.42 Å². The summed E-state index contributed by atoms with van der Waals surface area (Å²) in [6.45, 7) is 2.13. The summed E-state index contributed by atoms with van der Waals surface area (Å²) in [6, 6.07) is 4.89. The topological polar surface area (TPSA) is 72.2 Å². The van der Waals surface area contributed by atoms with E-state index >= 15 is 0 Å². The molecule has 21 heavy (non-hydrogen) atoms. The van der Waals surface area contributed by atoms with Crippen LogP contribution in [0.4, 0.5) is 5.69 Å². The number of nitrogens with one attached hydrogen (secondary N) is 1. The second-order valence-corrected chi connectivity index (χ2v) is 9.61. The Bertz CT molecular complexity index is 791. The Labute approximate surface area is 149 Å². The minimum absolute atomic E-state index is 0.163. The first-order valence-corrected chi connectivity index (χ1v) is 9.97. The summed E-state index contributed by atoms with van der Waals surface area (Å²) in [7, 11) is -3.72. The van der Waals surface area contributed by atoms with Crippen molar-refractivity contribution in [3.05, 3.63) is 41.9 Å². The second kappa shape index (κ2) is 6.55. The van der Waals surface area contributed by atoms with Crippen LogP contribution in [0.2, 0.25) is 5.02 Å². The van der Waals surface area contributed by atoms with E-state index in [1.807, 2.05) is 6.92 Å². The molecule has 1 heterocycles. The Morgan fingerprint density at radius 3 is 2.57 bits per heavy atom. The Kier molecular flexibility index (Phi) is 5.38. The molecule has 3 N–H and O–H groups in total. The molecular formula is C12H11Br2ClN2O2S2. The van der Waals surface area contributed by atoms with Gasteiger partial charge in [0.25, 0.3) is 10.0 Å². The summed E-state index contributed by atoms with van der Waals surface area (Å²) >= 11 is 13.9. The minimum Gasteiger partial charge on any atom is -0.326 e. The van der Waals surface area contributed by atoms with Gasteiger partial charge in [0.15, 0.2) is 0 Å². The molecule has 0 aliphatic rings. The highest BCUT2D eigenvalue weighted by Gasteiger charge is 2.22. The lowest BCUT2D eigenvalue weighted by atomic mass is 10.2. The zero-order chi connectivity index (χ0) is 15.8. The minimum atomic E-state index is -3.72. The van der Waals surface area contributed by atoms with Crippen LogP contribution in [0.1, 0.15) is 10.4 Å². The molecule has 0 bridgehead atoms. The Balaban J connectivity index is 2.42. The van der Waals surface area contributed by atoms with Crippen LogP contribution in [0.25, 0.3) is 0 Å². The lowest BCUT2D eigenvalue weighted by Crippen LogP contribution is -2.13. The average molecular weight is 475 g/mol. The first kappa shape index (κ1) is 17.2. The van der Waals surface area contributed by atoms with Gasteiger partial charge in [0.05, 0.1) is 9.47 Å². The number of halogens is 3. The highest BCUT2D eigenvalue weighted by molar-refractivity contribution is 9.11. The molecule has 4 nitrogen and oxygen atoms in total. The van der Waals surface area contributed by atoms with Gasteiger partial charge < -0.3 is 5.73 Å². The molecular weight excluding hydrogens is 464 g/mol. The molecule has 2 aromatic rings. The van der Waals surface area contributed by atoms with Crippen LogP contribution in [0.5, 0.6) is 0 Å². The fourth-order valence-corrected chi connectivity index (χ4v) is 6.09. The van der Waals surface area contributed by atoms with E-state index in [0.717, 1.165) is 10.4 Å². The van der Waals surface area contributed by atoms with Gasteiger partial charge in [0.2, 0.25) is 0 Å². The van der Waals surface area contributed by atoms with Crippen LogP contribution in [-0.2, 0) is 16.6 Å². The van der Waals surface area contributed by atoms with E-state index in [0.29, 0.717) is 25.5 Å². The van der Waals surface area contributed by atoms with E-state index in [-0.39, 0.29) is 4.90 Å². The van der Waals surface area contributed by atoms with E-state index in [1.54, 1.807) is 18.2 Å². The van der Waals surface area contributed by atoms with Gasteiger partial charge in [-0.1, -0.05) is 11.6 Å². The molecule has 0 spiro atoms. The van der Waals surface area contributed by atoms with Gasteiger partial charge in [0.1, 0.15) is 4.90 Å². The van der Waals surface area contributed by atoms with Crippen molar-refractivity contribution in [1.29, 1.82) is 0 Å². The van der Waals surface area contributed by atoms with Gasteiger partial charge in [-0.25, -0.2) is 8.42 Å². The molecule has 0 radical (unpaired) electrons. The number of nitrogens with two attached hydrogens (primary N) is 1. The fourth-order valence-electron chi connectivity index (χ4n) is 1.61. The van der Waals surface area contributed by atoms with Crippen LogP contribution < -0.4 is 10.5 Å². The van der Waals surface area contributed by atoms with E-state index in [1.165, 1.54) is 11.3 Å². The van der Waals surface area contributed by atoms with Gasteiger partial charge in [-0.15, -0.1) is 11.3 Å². The third-order valence-corrected chi connectivity index (χ3v) is 7.39. The lowest BCUT2D eigenvalue weighted by Gasteiger charge is -2.11. The molecule has 1 aromatic carbocycles. The van der Waals surface area contributed by atoms with E-state index in [4.69, 9.17) is 17.3 Å². The number of aryl methyl sites for hydroxylation is 1. The maximum Gasteiger partial charge on any atom is 0.263 e. The van der Waals surface area contributed by atoms with Crippen molar-refractivity contribution in [1.82, 2.24) is 0 Å². The maximum atomic E-state index is 12.5. The molecule has 0 saturated heterocycles. The standard InChI is InChI=1S/C12H11Br2ClN2O2S2/c1-6-2-8(13)10(4-9(6)15)17-21(18,19)11-3-7(5-16)20-12(11)14/h2-4,17H,5,16H2,1H3. The number of anilines is 1. The molecule has 0 amide bonds. The molecule has 114 valence electrons. The van der Waals surface area contributed by atoms with Crippen molar-refractivity contribution in [3.8, 4) is 0 Å². The van der Waals surface area contributed by atoms with Crippen LogP contribution in [0, 0.1) is 6.92 Å². The third kappa shape index (κ3) is 3.80. The average Bonchev–Trinajstić information content (AvgIpc) is 2.78. The van der Waals surface area contributed by atoms with Crippen LogP contribution in [-0.4, -0.2) is 8.42 Å². The Hall–Kier alpha value is -0.120. The Morgan fingerprint density at radius 1 is 1.33 bits per heavy atom. The summed E-state index contributed by atoms with van der Waals surface area (Å²) in [5, 5.41) is 0.489. The molecule has 0 unspecified atom stereocenters. The first-order valence-electron chi connectivity index (χ1n) is 5.71. The number of hydrogen-bond donors (Lipinski definition) is 2. The van der Waals surface area contributed by atoms with Gasteiger partial charge in [-0.05, 0) is 62.5 Å². The van der Waals surface area contributed by atoms with Crippen molar-refractivity contribution in [3.63, 3.8) is 0 Å². The predicted molar refractivity (Wildman–Crippen MR) is 94.6 cm³/mol. The van der Waals surface area contributed by atoms with Crippen LogP contribution in [0.15, 0.2) is 31.4 Å². The third-order valence-electron chi connectivity index (χ3n) is 2.69. The monoisotopic (exact) mass is 472 g/mol. The zero-order valence-electron chi connectivity index (χ0n) is 10.8. The largest absolute Gasteiger partial charge is 0.326 e. The molecule has 0 aliphatic heterocycles. The van der Waals surface area contributed by atoms with E-state index in [9.17, 15) is 8.42 Å². The molecule has 9 heteroatoms. The summed E-state index contributed by atoms with van der Waals surface area (Å²) in [5.74, 6) is 0. The number of hydrogen-bond acceptors (Lipinski definition) is 4. The van der Waals surface area contributed by atoms with Gasteiger partial charge >= 0.3 is 0 Å². The van der Waals surface area contributed by atoms with Crippen molar-refractivity contribution >= 4 is 70.5 Å². The highest BCUT2D eigenvalue weighted by Crippen LogP contribution is 2.35. The van der Waals surface area contributed by atoms with E-state index < -0.39 is 10.0 Å². The Morgan fingerprint density at radius 2 is 2.00 bits per heavy atom. The second-order valence-electron chi connectivity index (χ2n) is 4.24. The van der Waals surface area contributed by atoms with Crippen molar-refractivity contribution in [2.75, 3.05) is 4.72 Å². The molecule has 0 atom stereocenters. The fraction of sp³-hybridized carbons (Fsp3) is 0.167. The van der Waals surface area contributed by atoms with Crippen LogP contribution >= 0.6 is 54.8 Å². The van der Waals surface area contributed by atoms with Gasteiger partial charge in [0, 0.05) is 20.9 Å². The molecule has 0 saturated carbocycles. The van der Waals surface area contributed by atoms with E-state index in [2.05, 4.69) is 36.6 Å². The smallest absolute Gasteiger partial charge is 0.263 e. The molecule has 1 aromatic heterocycles. The number of thiophene rings is 1. The predicted octanol–water partition coefficient (Wildman–Crippen LogP) is 4.49. The molecule has 2 rings (SSSR count). The van der Waals surface area contributed by atoms with Crippen molar-refractivity contribution in [2.24, 2.45) is 5.73 Å². The number of benzene rings is 1. The highest BCUT2D eigenvalue weighted by atomic mass is 79.9. The zero-order valence-corrected chi connectivity index (χ0v) is 16.3. The first-order chi connectivity index (χ1) is 9.74. The maximum absolute atomic E-state index is 12.5.